The average molecular weight is 512 g/mol. The van der Waals surface area contributed by atoms with Gasteiger partial charge in [-0.2, -0.15) is 0 Å². The molecule has 1 heterocycles. The third-order valence-electron chi connectivity index (χ3n) is 6.29. The van der Waals surface area contributed by atoms with E-state index in [1.807, 2.05) is 61.3 Å². The van der Waals surface area contributed by atoms with Crippen molar-refractivity contribution in [2.75, 3.05) is 13.1 Å². The van der Waals surface area contributed by atoms with E-state index < -0.39 is 5.82 Å². The Labute approximate surface area is 218 Å². The molecule has 192 valence electrons. The zero-order chi connectivity index (χ0) is 26.2. The standard InChI is InChI=1S/C29H35ClFN3O2/c1-5-22(4)34(29(36)23-12-14-25(31)15-13-23)20-28(35)33(17-21(2)3)19-26-10-8-16-32(26)18-24-9-6-7-11-27(24)30/h6-16,21-22H,5,17-20H2,1-4H3. The lowest BCUT2D eigenvalue weighted by atomic mass is 10.1. The first-order valence-electron chi connectivity index (χ1n) is 12.4. The summed E-state index contributed by atoms with van der Waals surface area (Å²) in [5.74, 6) is -0.541. The summed E-state index contributed by atoms with van der Waals surface area (Å²) in [6, 6.07) is 17.0. The second-order valence-electron chi connectivity index (χ2n) is 9.58. The second-order valence-corrected chi connectivity index (χ2v) is 9.99. The molecule has 0 N–H and O–H groups in total. The molecule has 7 heteroatoms. The van der Waals surface area contributed by atoms with E-state index in [-0.39, 0.29) is 30.3 Å². The molecule has 0 aliphatic rings. The average Bonchev–Trinajstić information content (AvgIpc) is 3.29. The molecule has 0 spiro atoms. The van der Waals surface area contributed by atoms with Crippen LogP contribution in [0.5, 0.6) is 0 Å². The minimum atomic E-state index is -0.402. The van der Waals surface area contributed by atoms with Crippen LogP contribution in [-0.4, -0.2) is 45.3 Å². The summed E-state index contributed by atoms with van der Waals surface area (Å²) in [6.07, 6.45) is 2.69. The molecule has 0 saturated heterocycles. The van der Waals surface area contributed by atoms with Crippen molar-refractivity contribution in [1.29, 1.82) is 0 Å². The minimum Gasteiger partial charge on any atom is -0.345 e. The molecular formula is C29H35ClFN3O2. The molecule has 3 rings (SSSR count). The smallest absolute Gasteiger partial charge is 0.254 e. The molecule has 0 aliphatic carbocycles. The van der Waals surface area contributed by atoms with E-state index in [1.54, 1.807) is 4.90 Å². The highest BCUT2D eigenvalue weighted by Gasteiger charge is 2.26. The molecule has 36 heavy (non-hydrogen) atoms. The number of benzene rings is 2. The summed E-state index contributed by atoms with van der Waals surface area (Å²) < 4.78 is 15.5. The summed E-state index contributed by atoms with van der Waals surface area (Å²) in [4.78, 5) is 30.3. The Morgan fingerprint density at radius 2 is 1.69 bits per heavy atom. The highest BCUT2D eigenvalue weighted by atomic mass is 35.5. The summed E-state index contributed by atoms with van der Waals surface area (Å²) in [5, 5.41) is 0.704. The number of nitrogens with zero attached hydrogens (tertiary/aromatic N) is 3. The van der Waals surface area contributed by atoms with Gasteiger partial charge < -0.3 is 14.4 Å². The molecule has 0 fully saturated rings. The molecule has 1 atom stereocenters. The topological polar surface area (TPSA) is 45.6 Å². The number of carbonyl (C=O) groups excluding carboxylic acids is 2. The number of aromatic nitrogens is 1. The maximum atomic E-state index is 13.6. The maximum absolute atomic E-state index is 13.6. The van der Waals surface area contributed by atoms with Crippen molar-refractivity contribution in [1.82, 2.24) is 14.4 Å². The quantitative estimate of drug-likeness (QED) is 0.305. The van der Waals surface area contributed by atoms with Gasteiger partial charge in [0, 0.05) is 41.6 Å². The molecule has 0 aliphatic heterocycles. The normalized spacial score (nSPS) is 12.0. The van der Waals surface area contributed by atoms with Crippen LogP contribution in [0.15, 0.2) is 66.9 Å². The van der Waals surface area contributed by atoms with Crippen LogP contribution in [-0.2, 0) is 17.9 Å². The Morgan fingerprint density at radius 3 is 2.33 bits per heavy atom. The summed E-state index contributed by atoms with van der Waals surface area (Å²) in [7, 11) is 0. The molecule has 0 radical (unpaired) electrons. The van der Waals surface area contributed by atoms with E-state index in [4.69, 9.17) is 11.6 Å². The van der Waals surface area contributed by atoms with E-state index in [0.717, 1.165) is 11.3 Å². The van der Waals surface area contributed by atoms with Crippen molar-refractivity contribution in [2.45, 2.75) is 53.2 Å². The Balaban J connectivity index is 1.80. The van der Waals surface area contributed by atoms with Crippen LogP contribution in [0.2, 0.25) is 5.02 Å². The molecule has 2 amide bonds. The van der Waals surface area contributed by atoms with Crippen molar-refractivity contribution in [2.24, 2.45) is 5.92 Å². The van der Waals surface area contributed by atoms with E-state index >= 15 is 0 Å². The molecule has 0 saturated carbocycles. The van der Waals surface area contributed by atoms with Crippen LogP contribution >= 0.6 is 11.6 Å². The van der Waals surface area contributed by atoms with Gasteiger partial charge in [0.2, 0.25) is 5.91 Å². The number of hydrogen-bond acceptors (Lipinski definition) is 2. The van der Waals surface area contributed by atoms with Gasteiger partial charge in [-0.05, 0) is 67.3 Å². The Bertz CT molecular complexity index is 1160. The summed E-state index contributed by atoms with van der Waals surface area (Å²) in [5.41, 5.74) is 2.36. The number of amides is 2. The third kappa shape index (κ3) is 7.20. The van der Waals surface area contributed by atoms with Gasteiger partial charge in [0.15, 0.2) is 0 Å². The Kier molecular flexibility index (Phi) is 9.71. The van der Waals surface area contributed by atoms with Crippen molar-refractivity contribution < 1.29 is 14.0 Å². The first-order valence-corrected chi connectivity index (χ1v) is 12.8. The lowest BCUT2D eigenvalue weighted by Gasteiger charge is -2.32. The number of rotatable bonds is 11. The number of carbonyl (C=O) groups is 2. The molecule has 1 aromatic heterocycles. The predicted molar refractivity (Wildman–Crippen MR) is 142 cm³/mol. The highest BCUT2D eigenvalue weighted by molar-refractivity contribution is 6.31. The fourth-order valence-electron chi connectivity index (χ4n) is 4.10. The zero-order valence-electron chi connectivity index (χ0n) is 21.5. The van der Waals surface area contributed by atoms with Crippen LogP contribution in [0, 0.1) is 11.7 Å². The summed E-state index contributed by atoms with van der Waals surface area (Å²) in [6.45, 7) is 9.60. The lowest BCUT2D eigenvalue weighted by molar-refractivity contribution is -0.133. The van der Waals surface area contributed by atoms with Gasteiger partial charge in [-0.1, -0.05) is 50.6 Å². The number of halogens is 2. The summed E-state index contributed by atoms with van der Waals surface area (Å²) >= 11 is 6.37. The van der Waals surface area contributed by atoms with Gasteiger partial charge in [-0.3, -0.25) is 9.59 Å². The van der Waals surface area contributed by atoms with Gasteiger partial charge in [-0.25, -0.2) is 4.39 Å². The monoisotopic (exact) mass is 511 g/mol. The van der Waals surface area contributed by atoms with E-state index in [1.165, 1.54) is 24.3 Å². The molecule has 1 unspecified atom stereocenters. The van der Waals surface area contributed by atoms with E-state index in [9.17, 15) is 14.0 Å². The van der Waals surface area contributed by atoms with Crippen LogP contribution in [0.1, 0.15) is 55.7 Å². The van der Waals surface area contributed by atoms with Gasteiger partial charge >= 0.3 is 0 Å². The van der Waals surface area contributed by atoms with Gasteiger partial charge in [0.1, 0.15) is 12.4 Å². The van der Waals surface area contributed by atoms with Gasteiger partial charge in [0.25, 0.3) is 5.91 Å². The molecule has 3 aromatic rings. The predicted octanol–water partition coefficient (Wildman–Crippen LogP) is 6.25. The fraction of sp³-hybridized carbons (Fsp3) is 0.379. The highest BCUT2D eigenvalue weighted by Crippen LogP contribution is 2.19. The molecule has 0 bridgehead atoms. The molecule has 2 aromatic carbocycles. The lowest BCUT2D eigenvalue weighted by Crippen LogP contribution is -2.47. The minimum absolute atomic E-state index is 0.0385. The third-order valence-corrected chi connectivity index (χ3v) is 6.66. The first kappa shape index (κ1) is 27.5. The van der Waals surface area contributed by atoms with Gasteiger partial charge in [-0.15, -0.1) is 0 Å². The van der Waals surface area contributed by atoms with Crippen molar-refractivity contribution >= 4 is 23.4 Å². The van der Waals surface area contributed by atoms with Crippen LogP contribution in [0.25, 0.3) is 0 Å². The maximum Gasteiger partial charge on any atom is 0.254 e. The zero-order valence-corrected chi connectivity index (χ0v) is 22.2. The van der Waals surface area contributed by atoms with Crippen molar-refractivity contribution in [3.8, 4) is 0 Å². The van der Waals surface area contributed by atoms with Crippen LogP contribution in [0.4, 0.5) is 4.39 Å². The first-order chi connectivity index (χ1) is 17.2. The van der Waals surface area contributed by atoms with Gasteiger partial charge in [0.05, 0.1) is 6.54 Å². The van der Waals surface area contributed by atoms with E-state index in [2.05, 4.69) is 18.4 Å². The molecule has 5 nitrogen and oxygen atoms in total. The Hall–Kier alpha value is -3.12. The van der Waals surface area contributed by atoms with E-state index in [0.29, 0.717) is 36.6 Å². The second kappa shape index (κ2) is 12.7. The fourth-order valence-corrected chi connectivity index (χ4v) is 4.30. The SMILES string of the molecule is CCC(C)N(CC(=O)N(Cc1cccn1Cc1ccccc1Cl)CC(C)C)C(=O)c1ccc(F)cc1. The number of hydrogen-bond donors (Lipinski definition) is 0. The van der Waals surface area contributed by atoms with Crippen molar-refractivity contribution in [3.63, 3.8) is 0 Å². The molecular weight excluding hydrogens is 477 g/mol. The van der Waals surface area contributed by atoms with Crippen LogP contribution in [0.3, 0.4) is 0 Å². The van der Waals surface area contributed by atoms with Crippen LogP contribution < -0.4 is 0 Å². The largest absolute Gasteiger partial charge is 0.345 e. The Morgan fingerprint density at radius 1 is 1.00 bits per heavy atom. The van der Waals surface area contributed by atoms with Crippen molar-refractivity contribution in [3.05, 3.63) is 94.5 Å².